The van der Waals surface area contributed by atoms with Gasteiger partial charge in [0, 0.05) is 10.3 Å². The number of carbonyl (C=O) groups is 1. The molecule has 2 heterocycles. The predicted molar refractivity (Wildman–Crippen MR) is 66.7 cm³/mol. The number of hydrogen-bond donors (Lipinski definition) is 2. The number of anilines is 1. The molecule has 16 heavy (non-hydrogen) atoms. The minimum atomic E-state index is -0.186. The molecule has 0 fully saturated rings. The van der Waals surface area contributed by atoms with Crippen LogP contribution in [0.15, 0.2) is 22.9 Å². The number of amides is 1. The molecule has 2 rings (SSSR count). The summed E-state index contributed by atoms with van der Waals surface area (Å²) in [6.07, 6.45) is 0. The topological polar surface area (TPSA) is 68.0 Å². The zero-order valence-corrected chi connectivity index (χ0v) is 10.3. The van der Waals surface area contributed by atoms with Crippen LogP contribution in [-0.4, -0.2) is 10.9 Å². The van der Waals surface area contributed by atoms with E-state index in [0.29, 0.717) is 10.8 Å². The Balaban J connectivity index is 2.03. The lowest BCUT2D eigenvalue weighted by Gasteiger charge is -2.10. The number of nitrogens with zero attached hydrogens (tertiary/aromatic N) is 1. The van der Waals surface area contributed by atoms with Crippen LogP contribution in [0.4, 0.5) is 5.13 Å². The fourth-order valence-corrected chi connectivity index (χ4v) is 2.55. The van der Waals surface area contributed by atoms with Crippen molar-refractivity contribution in [2.75, 3.05) is 5.73 Å². The first kappa shape index (κ1) is 11.1. The molecule has 6 heteroatoms. The van der Waals surface area contributed by atoms with Crippen LogP contribution in [0.5, 0.6) is 0 Å². The largest absolute Gasteiger partial charge is 0.375 e. The molecule has 0 aliphatic carbocycles. The van der Waals surface area contributed by atoms with E-state index in [1.807, 2.05) is 24.4 Å². The molecular formula is C10H11N3OS2. The molecule has 0 aliphatic rings. The first-order valence-corrected chi connectivity index (χ1v) is 6.48. The van der Waals surface area contributed by atoms with Crippen molar-refractivity contribution in [3.05, 3.63) is 33.5 Å². The SMILES string of the molecule is CC(NC(=O)c1csc(N)n1)c1cccs1. The van der Waals surface area contributed by atoms with Crippen LogP contribution in [0.25, 0.3) is 0 Å². The number of carbonyl (C=O) groups excluding carboxylic acids is 1. The molecule has 0 spiro atoms. The molecule has 1 unspecified atom stereocenters. The second-order valence-corrected chi connectivity index (χ2v) is 5.15. The molecule has 0 saturated carbocycles. The highest BCUT2D eigenvalue weighted by atomic mass is 32.1. The van der Waals surface area contributed by atoms with Gasteiger partial charge in [-0.05, 0) is 18.4 Å². The summed E-state index contributed by atoms with van der Waals surface area (Å²) in [6, 6.07) is 3.95. The molecule has 0 radical (unpaired) electrons. The van der Waals surface area contributed by atoms with Crippen molar-refractivity contribution in [2.45, 2.75) is 13.0 Å². The van der Waals surface area contributed by atoms with E-state index in [1.165, 1.54) is 11.3 Å². The molecule has 1 amide bonds. The van der Waals surface area contributed by atoms with Crippen LogP contribution in [0, 0.1) is 0 Å². The predicted octanol–water partition coefficient (Wildman–Crippen LogP) is 2.28. The second kappa shape index (κ2) is 4.63. The molecule has 2 aromatic rings. The fourth-order valence-electron chi connectivity index (χ4n) is 1.27. The normalized spacial score (nSPS) is 12.3. The van der Waals surface area contributed by atoms with Crippen LogP contribution in [0.2, 0.25) is 0 Å². The third kappa shape index (κ3) is 2.40. The van der Waals surface area contributed by atoms with Crippen molar-refractivity contribution in [1.29, 1.82) is 0 Å². The van der Waals surface area contributed by atoms with Gasteiger partial charge in [-0.2, -0.15) is 0 Å². The number of thiophene rings is 1. The maximum Gasteiger partial charge on any atom is 0.271 e. The summed E-state index contributed by atoms with van der Waals surface area (Å²) in [5.74, 6) is -0.186. The summed E-state index contributed by atoms with van der Waals surface area (Å²) in [4.78, 5) is 16.8. The molecule has 0 aliphatic heterocycles. The highest BCUT2D eigenvalue weighted by Gasteiger charge is 2.14. The van der Waals surface area contributed by atoms with Gasteiger partial charge in [-0.3, -0.25) is 4.79 Å². The summed E-state index contributed by atoms with van der Waals surface area (Å²) in [5, 5.41) is 6.93. The van der Waals surface area contributed by atoms with E-state index in [9.17, 15) is 4.79 Å². The highest BCUT2D eigenvalue weighted by molar-refractivity contribution is 7.13. The lowest BCUT2D eigenvalue weighted by molar-refractivity contribution is 0.0936. The van der Waals surface area contributed by atoms with Crippen molar-refractivity contribution < 1.29 is 4.79 Å². The Kier molecular flexibility index (Phi) is 3.21. The summed E-state index contributed by atoms with van der Waals surface area (Å²) in [5.41, 5.74) is 5.85. The van der Waals surface area contributed by atoms with Crippen LogP contribution >= 0.6 is 22.7 Å². The van der Waals surface area contributed by atoms with Gasteiger partial charge in [0.2, 0.25) is 0 Å². The van der Waals surface area contributed by atoms with E-state index in [4.69, 9.17) is 5.73 Å². The third-order valence-corrected chi connectivity index (χ3v) is 3.80. The van der Waals surface area contributed by atoms with Gasteiger partial charge in [0.25, 0.3) is 5.91 Å². The second-order valence-electron chi connectivity index (χ2n) is 3.28. The van der Waals surface area contributed by atoms with Gasteiger partial charge in [-0.25, -0.2) is 4.98 Å². The van der Waals surface area contributed by atoms with Crippen LogP contribution in [0.3, 0.4) is 0 Å². The quantitative estimate of drug-likeness (QED) is 0.881. The summed E-state index contributed by atoms with van der Waals surface area (Å²) in [7, 11) is 0. The number of hydrogen-bond acceptors (Lipinski definition) is 5. The Morgan fingerprint density at radius 1 is 1.56 bits per heavy atom. The zero-order valence-electron chi connectivity index (χ0n) is 8.64. The first-order chi connectivity index (χ1) is 7.66. The molecular weight excluding hydrogens is 242 g/mol. The molecule has 3 N–H and O–H groups in total. The number of thiazole rings is 1. The molecule has 84 valence electrons. The van der Waals surface area contributed by atoms with Gasteiger partial charge in [0.15, 0.2) is 5.13 Å². The lowest BCUT2D eigenvalue weighted by Crippen LogP contribution is -2.26. The summed E-state index contributed by atoms with van der Waals surface area (Å²) in [6.45, 7) is 1.94. The minimum Gasteiger partial charge on any atom is -0.375 e. The van der Waals surface area contributed by atoms with Gasteiger partial charge in [0.1, 0.15) is 5.69 Å². The van der Waals surface area contributed by atoms with Crippen LogP contribution in [-0.2, 0) is 0 Å². The van der Waals surface area contributed by atoms with Crippen LogP contribution < -0.4 is 11.1 Å². The van der Waals surface area contributed by atoms with E-state index in [1.54, 1.807) is 16.7 Å². The fraction of sp³-hybridized carbons (Fsp3) is 0.200. The Morgan fingerprint density at radius 2 is 2.38 bits per heavy atom. The summed E-state index contributed by atoms with van der Waals surface area (Å²) >= 11 is 2.88. The number of nitrogens with two attached hydrogens (primary N) is 1. The van der Waals surface area contributed by atoms with Gasteiger partial charge >= 0.3 is 0 Å². The van der Waals surface area contributed by atoms with Crippen molar-refractivity contribution in [1.82, 2.24) is 10.3 Å². The number of rotatable bonds is 3. The third-order valence-electron chi connectivity index (χ3n) is 2.07. The minimum absolute atomic E-state index is 0.00424. The Morgan fingerprint density at radius 3 is 2.94 bits per heavy atom. The standard InChI is InChI=1S/C10H11N3OS2/c1-6(8-3-2-4-15-8)12-9(14)7-5-16-10(11)13-7/h2-6H,1H3,(H2,11,13)(H,12,14). The number of aromatic nitrogens is 1. The Hall–Kier alpha value is -1.40. The van der Waals surface area contributed by atoms with Gasteiger partial charge < -0.3 is 11.1 Å². The molecule has 1 atom stereocenters. The molecule has 2 aromatic heterocycles. The Bertz CT molecular complexity index is 478. The smallest absolute Gasteiger partial charge is 0.271 e. The zero-order chi connectivity index (χ0) is 11.5. The van der Waals surface area contributed by atoms with Crippen molar-refractivity contribution in [3.63, 3.8) is 0 Å². The van der Waals surface area contributed by atoms with Gasteiger partial charge in [-0.15, -0.1) is 22.7 Å². The maximum atomic E-state index is 11.7. The highest BCUT2D eigenvalue weighted by Crippen LogP contribution is 2.19. The summed E-state index contributed by atoms with van der Waals surface area (Å²) < 4.78 is 0. The van der Waals surface area contributed by atoms with E-state index in [0.717, 1.165) is 4.88 Å². The molecule has 0 saturated heterocycles. The average Bonchev–Trinajstić information content (AvgIpc) is 2.87. The number of nitrogen functional groups attached to an aromatic ring is 1. The first-order valence-electron chi connectivity index (χ1n) is 4.72. The molecule has 4 nitrogen and oxygen atoms in total. The van der Waals surface area contributed by atoms with Crippen molar-refractivity contribution in [3.8, 4) is 0 Å². The molecule has 0 aromatic carbocycles. The average molecular weight is 253 g/mol. The lowest BCUT2D eigenvalue weighted by atomic mass is 10.2. The van der Waals surface area contributed by atoms with Crippen molar-refractivity contribution >= 4 is 33.7 Å². The Labute approximate surface area is 101 Å². The number of nitrogens with one attached hydrogen (secondary N) is 1. The van der Waals surface area contributed by atoms with Gasteiger partial charge in [-0.1, -0.05) is 6.07 Å². The van der Waals surface area contributed by atoms with E-state index < -0.39 is 0 Å². The van der Waals surface area contributed by atoms with Gasteiger partial charge in [0.05, 0.1) is 6.04 Å². The van der Waals surface area contributed by atoms with E-state index in [-0.39, 0.29) is 11.9 Å². The molecule has 0 bridgehead atoms. The monoisotopic (exact) mass is 253 g/mol. The van der Waals surface area contributed by atoms with Crippen LogP contribution in [0.1, 0.15) is 28.3 Å². The maximum absolute atomic E-state index is 11.7. The van der Waals surface area contributed by atoms with E-state index in [2.05, 4.69) is 10.3 Å². The van der Waals surface area contributed by atoms with Crippen molar-refractivity contribution in [2.24, 2.45) is 0 Å². The van der Waals surface area contributed by atoms with E-state index >= 15 is 0 Å².